The summed E-state index contributed by atoms with van der Waals surface area (Å²) in [7, 11) is 0. The Balaban J connectivity index is 1.48. The third-order valence-corrected chi connectivity index (χ3v) is 4.74. The Kier molecular flexibility index (Phi) is 6.07. The quantitative estimate of drug-likeness (QED) is 0.455. The molecule has 0 atom stereocenters. The minimum absolute atomic E-state index is 0.240. The molecule has 1 N–H and O–H groups in total. The standard InChI is InChI=1S/C24H23FN4/c25-22-13-11-20(12-14-22)18-29-27-23(24(28-29)21-9-5-2-6-10-21)17-26-16-15-19-7-3-1-4-8-19/h1-14,26H,15-18H2. The van der Waals surface area contributed by atoms with Gasteiger partial charge in [0.15, 0.2) is 0 Å². The Morgan fingerprint density at radius 2 is 1.45 bits per heavy atom. The van der Waals surface area contributed by atoms with Crippen LogP contribution < -0.4 is 5.32 Å². The van der Waals surface area contributed by atoms with Gasteiger partial charge < -0.3 is 5.32 Å². The molecule has 4 aromatic rings. The van der Waals surface area contributed by atoms with Crippen molar-refractivity contribution in [1.29, 1.82) is 0 Å². The van der Waals surface area contributed by atoms with Crippen LogP contribution in [0.3, 0.4) is 0 Å². The van der Waals surface area contributed by atoms with Crippen LogP contribution in [0, 0.1) is 5.82 Å². The van der Waals surface area contributed by atoms with Crippen molar-refractivity contribution < 1.29 is 4.39 Å². The van der Waals surface area contributed by atoms with E-state index in [0.717, 1.165) is 35.5 Å². The first-order valence-corrected chi connectivity index (χ1v) is 9.76. The molecule has 0 aliphatic carbocycles. The van der Waals surface area contributed by atoms with E-state index in [1.165, 1.54) is 17.7 Å². The molecule has 0 saturated carbocycles. The van der Waals surface area contributed by atoms with Crippen molar-refractivity contribution in [2.45, 2.75) is 19.5 Å². The molecule has 0 bridgehead atoms. The number of benzene rings is 3. The molecule has 0 saturated heterocycles. The summed E-state index contributed by atoms with van der Waals surface area (Å²) < 4.78 is 13.2. The summed E-state index contributed by atoms with van der Waals surface area (Å²) in [5.41, 5.74) is 5.09. The Labute approximate surface area is 170 Å². The summed E-state index contributed by atoms with van der Waals surface area (Å²) in [5.74, 6) is -0.240. The van der Waals surface area contributed by atoms with Crippen LogP contribution in [0.5, 0.6) is 0 Å². The largest absolute Gasteiger partial charge is 0.311 e. The Hall–Kier alpha value is -3.31. The van der Waals surface area contributed by atoms with Crippen molar-refractivity contribution in [3.63, 3.8) is 0 Å². The normalized spacial score (nSPS) is 10.9. The lowest BCUT2D eigenvalue weighted by molar-refractivity contribution is 0.574. The first-order chi connectivity index (χ1) is 14.3. The van der Waals surface area contributed by atoms with Crippen LogP contribution in [0.15, 0.2) is 84.9 Å². The van der Waals surface area contributed by atoms with Crippen LogP contribution in [0.4, 0.5) is 4.39 Å². The third-order valence-electron chi connectivity index (χ3n) is 4.74. The summed E-state index contributed by atoms with van der Waals surface area (Å²) in [6.45, 7) is 2.01. The van der Waals surface area contributed by atoms with Gasteiger partial charge in [0.05, 0.1) is 6.54 Å². The van der Waals surface area contributed by atoms with E-state index >= 15 is 0 Å². The topological polar surface area (TPSA) is 42.7 Å². The molecule has 29 heavy (non-hydrogen) atoms. The maximum atomic E-state index is 13.2. The second-order valence-corrected chi connectivity index (χ2v) is 6.93. The lowest BCUT2D eigenvalue weighted by Gasteiger charge is -2.04. The van der Waals surface area contributed by atoms with Gasteiger partial charge in [-0.15, -0.1) is 0 Å². The van der Waals surface area contributed by atoms with Gasteiger partial charge in [-0.2, -0.15) is 15.0 Å². The summed E-state index contributed by atoms with van der Waals surface area (Å²) in [5, 5.41) is 12.9. The number of hydrogen-bond donors (Lipinski definition) is 1. The molecule has 146 valence electrons. The van der Waals surface area contributed by atoms with Crippen LogP contribution >= 0.6 is 0 Å². The number of nitrogens with one attached hydrogen (secondary N) is 1. The average Bonchev–Trinajstić information content (AvgIpc) is 3.17. The van der Waals surface area contributed by atoms with Gasteiger partial charge in [-0.1, -0.05) is 72.8 Å². The minimum Gasteiger partial charge on any atom is -0.311 e. The summed E-state index contributed by atoms with van der Waals surface area (Å²) in [6, 6.07) is 26.9. The smallest absolute Gasteiger partial charge is 0.123 e. The fourth-order valence-corrected chi connectivity index (χ4v) is 3.23. The highest BCUT2D eigenvalue weighted by atomic mass is 19.1. The molecular formula is C24H23FN4. The van der Waals surface area contributed by atoms with E-state index < -0.39 is 0 Å². The number of aromatic nitrogens is 3. The van der Waals surface area contributed by atoms with Gasteiger partial charge in [-0.25, -0.2) is 4.39 Å². The molecule has 4 nitrogen and oxygen atoms in total. The molecule has 0 aliphatic heterocycles. The van der Waals surface area contributed by atoms with Gasteiger partial charge in [-0.3, -0.25) is 0 Å². The van der Waals surface area contributed by atoms with Crippen LogP contribution in [-0.2, 0) is 19.5 Å². The van der Waals surface area contributed by atoms with Crippen molar-refractivity contribution in [1.82, 2.24) is 20.3 Å². The lowest BCUT2D eigenvalue weighted by Crippen LogP contribution is -2.17. The van der Waals surface area contributed by atoms with Gasteiger partial charge in [0, 0.05) is 12.1 Å². The van der Waals surface area contributed by atoms with Crippen LogP contribution in [-0.4, -0.2) is 21.5 Å². The SMILES string of the molecule is Fc1ccc(Cn2nc(CNCCc3ccccc3)c(-c3ccccc3)n2)cc1. The molecule has 0 fully saturated rings. The molecule has 4 rings (SSSR count). The summed E-state index contributed by atoms with van der Waals surface area (Å²) in [6.07, 6.45) is 0.964. The van der Waals surface area contributed by atoms with E-state index in [4.69, 9.17) is 10.2 Å². The van der Waals surface area contributed by atoms with Crippen molar-refractivity contribution in [3.8, 4) is 11.3 Å². The van der Waals surface area contributed by atoms with E-state index in [1.807, 2.05) is 36.4 Å². The molecule has 0 unspecified atom stereocenters. The summed E-state index contributed by atoms with van der Waals surface area (Å²) in [4.78, 5) is 1.68. The highest BCUT2D eigenvalue weighted by Crippen LogP contribution is 2.20. The van der Waals surface area contributed by atoms with Crippen molar-refractivity contribution >= 4 is 0 Å². The monoisotopic (exact) mass is 386 g/mol. The van der Waals surface area contributed by atoms with E-state index in [9.17, 15) is 4.39 Å². The molecule has 3 aromatic carbocycles. The second kappa shape index (κ2) is 9.26. The predicted octanol–water partition coefficient (Wildman–Crippen LogP) is 4.46. The van der Waals surface area contributed by atoms with Gasteiger partial charge in [-0.05, 0) is 36.2 Å². The zero-order chi connectivity index (χ0) is 19.9. The number of halogens is 1. The molecule has 0 radical (unpaired) electrons. The highest BCUT2D eigenvalue weighted by Gasteiger charge is 2.13. The number of hydrogen-bond acceptors (Lipinski definition) is 3. The van der Waals surface area contributed by atoms with Crippen molar-refractivity contribution in [3.05, 3.63) is 108 Å². The number of rotatable bonds is 8. The maximum absolute atomic E-state index is 13.2. The van der Waals surface area contributed by atoms with Gasteiger partial charge in [0.25, 0.3) is 0 Å². The van der Waals surface area contributed by atoms with Gasteiger partial charge in [0.2, 0.25) is 0 Å². The fraction of sp³-hybridized carbons (Fsp3) is 0.167. The van der Waals surface area contributed by atoms with E-state index in [1.54, 1.807) is 16.9 Å². The first kappa shape index (κ1) is 19.0. The van der Waals surface area contributed by atoms with Crippen molar-refractivity contribution in [2.24, 2.45) is 0 Å². The molecule has 0 aliphatic rings. The molecule has 0 spiro atoms. The number of nitrogens with zero attached hydrogens (tertiary/aromatic N) is 3. The molecule has 1 aromatic heterocycles. The average molecular weight is 386 g/mol. The zero-order valence-corrected chi connectivity index (χ0v) is 16.1. The maximum Gasteiger partial charge on any atom is 0.123 e. The van der Waals surface area contributed by atoms with E-state index in [0.29, 0.717) is 13.1 Å². The Morgan fingerprint density at radius 3 is 2.17 bits per heavy atom. The predicted molar refractivity (Wildman–Crippen MR) is 113 cm³/mol. The van der Waals surface area contributed by atoms with E-state index in [-0.39, 0.29) is 5.82 Å². The molecular weight excluding hydrogens is 363 g/mol. The van der Waals surface area contributed by atoms with E-state index in [2.05, 4.69) is 29.6 Å². The molecule has 1 heterocycles. The fourth-order valence-electron chi connectivity index (χ4n) is 3.23. The highest BCUT2D eigenvalue weighted by molar-refractivity contribution is 5.60. The van der Waals surface area contributed by atoms with Crippen LogP contribution in [0.1, 0.15) is 16.8 Å². The molecule has 0 amide bonds. The minimum atomic E-state index is -0.240. The van der Waals surface area contributed by atoms with Crippen LogP contribution in [0.2, 0.25) is 0 Å². The molecule has 5 heteroatoms. The van der Waals surface area contributed by atoms with Gasteiger partial charge >= 0.3 is 0 Å². The third kappa shape index (κ3) is 5.15. The van der Waals surface area contributed by atoms with Gasteiger partial charge in [0.1, 0.15) is 17.2 Å². The Bertz CT molecular complexity index is 1030. The van der Waals surface area contributed by atoms with Crippen molar-refractivity contribution in [2.75, 3.05) is 6.54 Å². The first-order valence-electron chi connectivity index (χ1n) is 9.76. The second-order valence-electron chi connectivity index (χ2n) is 6.93. The lowest BCUT2D eigenvalue weighted by atomic mass is 10.1. The zero-order valence-electron chi connectivity index (χ0n) is 16.1. The van der Waals surface area contributed by atoms with Crippen LogP contribution in [0.25, 0.3) is 11.3 Å². The Morgan fingerprint density at radius 1 is 0.759 bits per heavy atom. The summed E-state index contributed by atoms with van der Waals surface area (Å²) >= 11 is 0.